The first-order chi connectivity index (χ1) is 8.19. The molecule has 0 aliphatic heterocycles. The van der Waals surface area contributed by atoms with Gasteiger partial charge in [-0.05, 0) is 43.7 Å². The lowest BCUT2D eigenvalue weighted by atomic mass is 9.84. The van der Waals surface area contributed by atoms with Crippen LogP contribution in [0.4, 0.5) is 14.5 Å². The van der Waals surface area contributed by atoms with E-state index in [-0.39, 0.29) is 0 Å². The first-order valence-corrected chi connectivity index (χ1v) is 6.40. The smallest absolute Gasteiger partial charge is 0.149 e. The lowest BCUT2D eigenvalue weighted by molar-refractivity contribution is 0.329. The van der Waals surface area contributed by atoms with Gasteiger partial charge in [0.05, 0.1) is 5.69 Å². The van der Waals surface area contributed by atoms with Crippen LogP contribution in [0.1, 0.15) is 39.0 Å². The predicted molar refractivity (Wildman–Crippen MR) is 66.0 cm³/mol. The maximum absolute atomic E-state index is 13.4. The summed E-state index contributed by atoms with van der Waals surface area (Å²) in [5, 5.41) is 3.18. The fraction of sp³-hybridized carbons (Fsp3) is 0.571. The maximum atomic E-state index is 13.4. The Kier molecular flexibility index (Phi) is 3.97. The average molecular weight is 239 g/mol. The molecule has 94 valence electrons. The van der Waals surface area contributed by atoms with Crippen LogP contribution in [0.3, 0.4) is 0 Å². The number of halogens is 2. The van der Waals surface area contributed by atoms with E-state index in [1.165, 1.54) is 31.4 Å². The Balaban J connectivity index is 1.93. The van der Waals surface area contributed by atoms with Crippen LogP contribution in [-0.2, 0) is 0 Å². The summed E-state index contributed by atoms with van der Waals surface area (Å²) in [6.07, 6.45) is 5.80. The fourth-order valence-corrected chi connectivity index (χ4v) is 2.54. The number of benzene rings is 1. The summed E-state index contributed by atoms with van der Waals surface area (Å²) in [6.45, 7) is 2.22. The highest BCUT2D eigenvalue weighted by Crippen LogP contribution is 2.29. The van der Waals surface area contributed by atoms with Crippen molar-refractivity contribution in [2.45, 2.75) is 45.1 Å². The molecule has 0 amide bonds. The predicted octanol–water partition coefficient (Wildman–Crippen LogP) is 4.35. The molecule has 0 aromatic heterocycles. The van der Waals surface area contributed by atoms with Crippen LogP contribution in [-0.4, -0.2) is 6.04 Å². The first kappa shape index (κ1) is 12.3. The molecular formula is C14H19F2N. The van der Waals surface area contributed by atoms with E-state index in [4.69, 9.17) is 0 Å². The Morgan fingerprint density at radius 1 is 1.18 bits per heavy atom. The summed E-state index contributed by atoms with van der Waals surface area (Å²) < 4.78 is 26.2. The minimum Gasteiger partial charge on any atom is -0.380 e. The van der Waals surface area contributed by atoms with Crippen LogP contribution in [0.15, 0.2) is 18.2 Å². The average Bonchev–Trinajstić information content (AvgIpc) is 2.34. The molecule has 0 atom stereocenters. The molecule has 2 rings (SSSR count). The number of anilines is 1. The van der Waals surface area contributed by atoms with E-state index in [9.17, 15) is 8.78 Å². The van der Waals surface area contributed by atoms with Crippen molar-refractivity contribution in [2.75, 3.05) is 5.32 Å². The zero-order chi connectivity index (χ0) is 12.3. The zero-order valence-electron chi connectivity index (χ0n) is 10.2. The highest BCUT2D eigenvalue weighted by molar-refractivity contribution is 5.45. The summed E-state index contributed by atoms with van der Waals surface area (Å²) in [5.41, 5.74) is 0.423. The Labute approximate surface area is 101 Å². The van der Waals surface area contributed by atoms with Crippen molar-refractivity contribution in [3.05, 3.63) is 29.8 Å². The molecule has 1 aromatic carbocycles. The van der Waals surface area contributed by atoms with Gasteiger partial charge in [-0.3, -0.25) is 0 Å². The number of hydrogen-bond donors (Lipinski definition) is 1. The Hall–Kier alpha value is -1.12. The van der Waals surface area contributed by atoms with Gasteiger partial charge < -0.3 is 5.32 Å². The summed E-state index contributed by atoms with van der Waals surface area (Å²) in [4.78, 5) is 0. The third-order valence-electron chi connectivity index (χ3n) is 3.71. The van der Waals surface area contributed by atoms with Gasteiger partial charge in [0.1, 0.15) is 11.6 Å². The Morgan fingerprint density at radius 2 is 1.88 bits per heavy atom. The number of rotatable bonds is 3. The lowest BCUT2D eigenvalue weighted by Crippen LogP contribution is -2.26. The van der Waals surface area contributed by atoms with Gasteiger partial charge in [-0.1, -0.05) is 13.3 Å². The van der Waals surface area contributed by atoms with E-state index in [1.807, 2.05) is 0 Å². The van der Waals surface area contributed by atoms with Crippen molar-refractivity contribution in [1.82, 2.24) is 0 Å². The molecule has 1 N–H and O–H groups in total. The molecular weight excluding hydrogens is 220 g/mol. The highest BCUT2D eigenvalue weighted by atomic mass is 19.1. The van der Waals surface area contributed by atoms with Crippen molar-refractivity contribution in [1.29, 1.82) is 0 Å². The van der Waals surface area contributed by atoms with Crippen molar-refractivity contribution in [2.24, 2.45) is 5.92 Å². The van der Waals surface area contributed by atoms with E-state index < -0.39 is 11.6 Å². The molecule has 3 heteroatoms. The van der Waals surface area contributed by atoms with Gasteiger partial charge in [0.25, 0.3) is 0 Å². The van der Waals surface area contributed by atoms with Crippen molar-refractivity contribution in [3.8, 4) is 0 Å². The van der Waals surface area contributed by atoms with Gasteiger partial charge in [0, 0.05) is 12.1 Å². The van der Waals surface area contributed by atoms with E-state index in [0.29, 0.717) is 11.7 Å². The van der Waals surface area contributed by atoms with Crippen LogP contribution < -0.4 is 5.32 Å². The minimum absolute atomic E-state index is 0.331. The normalized spacial score (nSPS) is 24.6. The van der Waals surface area contributed by atoms with Gasteiger partial charge >= 0.3 is 0 Å². The molecule has 0 saturated heterocycles. The van der Waals surface area contributed by atoms with E-state index in [2.05, 4.69) is 12.2 Å². The standard InChI is InChI=1S/C14H19F2N/c1-2-10-3-6-12(7-4-10)17-14-8-5-11(15)9-13(14)16/h5,8-10,12,17H,2-4,6-7H2,1H3. The second-order valence-electron chi connectivity index (χ2n) is 4.89. The van der Waals surface area contributed by atoms with E-state index in [0.717, 1.165) is 24.8 Å². The quantitative estimate of drug-likeness (QED) is 0.827. The summed E-state index contributed by atoms with van der Waals surface area (Å²) >= 11 is 0. The monoisotopic (exact) mass is 239 g/mol. The van der Waals surface area contributed by atoms with Gasteiger partial charge in [-0.2, -0.15) is 0 Å². The molecule has 1 aromatic rings. The summed E-state index contributed by atoms with van der Waals surface area (Å²) in [5.74, 6) is -0.198. The molecule has 0 bridgehead atoms. The van der Waals surface area contributed by atoms with Gasteiger partial charge in [-0.25, -0.2) is 8.78 Å². The molecule has 0 radical (unpaired) electrons. The van der Waals surface area contributed by atoms with Crippen LogP contribution in [0, 0.1) is 17.6 Å². The second-order valence-corrected chi connectivity index (χ2v) is 4.89. The second kappa shape index (κ2) is 5.48. The Bertz CT molecular complexity index is 370. The maximum Gasteiger partial charge on any atom is 0.149 e. The molecule has 1 nitrogen and oxygen atoms in total. The lowest BCUT2D eigenvalue weighted by Gasteiger charge is -2.29. The van der Waals surface area contributed by atoms with Crippen LogP contribution in [0.5, 0.6) is 0 Å². The van der Waals surface area contributed by atoms with Crippen molar-refractivity contribution in [3.63, 3.8) is 0 Å². The molecule has 1 fully saturated rings. The van der Waals surface area contributed by atoms with Crippen LogP contribution >= 0.6 is 0 Å². The molecule has 0 heterocycles. The van der Waals surface area contributed by atoms with Crippen LogP contribution in [0.25, 0.3) is 0 Å². The molecule has 1 aliphatic carbocycles. The van der Waals surface area contributed by atoms with Crippen LogP contribution in [0.2, 0.25) is 0 Å². The van der Waals surface area contributed by atoms with Gasteiger partial charge in [-0.15, -0.1) is 0 Å². The van der Waals surface area contributed by atoms with E-state index in [1.54, 1.807) is 0 Å². The molecule has 17 heavy (non-hydrogen) atoms. The molecule has 0 unspecified atom stereocenters. The fourth-order valence-electron chi connectivity index (χ4n) is 2.54. The third kappa shape index (κ3) is 3.18. The topological polar surface area (TPSA) is 12.0 Å². The van der Waals surface area contributed by atoms with Gasteiger partial charge in [0.2, 0.25) is 0 Å². The van der Waals surface area contributed by atoms with E-state index >= 15 is 0 Å². The molecule has 0 spiro atoms. The third-order valence-corrected chi connectivity index (χ3v) is 3.71. The highest BCUT2D eigenvalue weighted by Gasteiger charge is 2.20. The van der Waals surface area contributed by atoms with Crippen molar-refractivity contribution < 1.29 is 8.78 Å². The number of hydrogen-bond acceptors (Lipinski definition) is 1. The SMILES string of the molecule is CCC1CCC(Nc2ccc(F)cc2F)CC1. The van der Waals surface area contributed by atoms with Crippen molar-refractivity contribution >= 4 is 5.69 Å². The molecule has 1 aliphatic rings. The Morgan fingerprint density at radius 3 is 2.47 bits per heavy atom. The summed E-state index contributed by atoms with van der Waals surface area (Å²) in [7, 11) is 0. The zero-order valence-corrected chi connectivity index (χ0v) is 10.2. The number of nitrogens with one attached hydrogen (secondary N) is 1. The largest absolute Gasteiger partial charge is 0.380 e. The minimum atomic E-state index is -0.525. The van der Waals surface area contributed by atoms with Gasteiger partial charge in [0.15, 0.2) is 0 Å². The first-order valence-electron chi connectivity index (χ1n) is 6.40. The molecule has 1 saturated carbocycles. The summed E-state index contributed by atoms with van der Waals surface area (Å²) in [6, 6.07) is 4.04.